The molecule has 2 bridgehead atoms. The molecular weight excluding hydrogens is 291 g/mol. The van der Waals surface area contributed by atoms with Crippen molar-refractivity contribution < 1.29 is 18.0 Å². The average Bonchev–Trinajstić information content (AvgIpc) is 3.09. The van der Waals surface area contributed by atoms with Crippen molar-refractivity contribution in [2.45, 2.75) is 38.3 Å². The Morgan fingerprint density at radius 1 is 1.14 bits per heavy atom. The van der Waals surface area contributed by atoms with E-state index in [4.69, 9.17) is 0 Å². The van der Waals surface area contributed by atoms with E-state index in [1.165, 1.54) is 31.4 Å². The number of hydrogen-bond donors (Lipinski definition) is 1. The third-order valence-electron chi connectivity index (χ3n) is 5.07. The second kappa shape index (κ2) is 5.94. The number of carbonyl (C=O) groups is 1. The van der Waals surface area contributed by atoms with Gasteiger partial charge in [-0.05, 0) is 55.2 Å². The van der Waals surface area contributed by atoms with Gasteiger partial charge >= 0.3 is 6.18 Å². The lowest BCUT2D eigenvalue weighted by molar-refractivity contribution is -0.137. The highest BCUT2D eigenvalue weighted by molar-refractivity contribution is 5.79. The summed E-state index contributed by atoms with van der Waals surface area (Å²) in [6.45, 7) is 0.484. The Labute approximate surface area is 128 Å². The minimum atomic E-state index is -4.30. The Bertz CT molecular complexity index is 538. The molecule has 0 heterocycles. The number of amides is 1. The van der Waals surface area contributed by atoms with Gasteiger partial charge in [0.1, 0.15) is 0 Å². The zero-order valence-electron chi connectivity index (χ0n) is 12.3. The third-order valence-corrected chi connectivity index (χ3v) is 5.07. The number of halogens is 3. The lowest BCUT2D eigenvalue weighted by atomic mass is 9.88. The number of benzene rings is 1. The second-order valence-corrected chi connectivity index (χ2v) is 6.52. The summed E-state index contributed by atoms with van der Waals surface area (Å²) in [5, 5.41) is 2.94. The predicted molar refractivity (Wildman–Crippen MR) is 77.1 cm³/mol. The Kier molecular flexibility index (Phi) is 4.15. The highest BCUT2D eigenvalue weighted by atomic mass is 19.4. The number of rotatable bonds is 4. The fourth-order valence-corrected chi connectivity index (χ4v) is 3.89. The first-order valence-corrected chi connectivity index (χ1v) is 7.87. The summed E-state index contributed by atoms with van der Waals surface area (Å²) >= 11 is 0. The zero-order valence-corrected chi connectivity index (χ0v) is 12.3. The van der Waals surface area contributed by atoms with Crippen LogP contribution < -0.4 is 5.32 Å². The molecule has 2 saturated carbocycles. The predicted octanol–water partition coefficient (Wildman–Crippen LogP) is 3.80. The molecule has 3 rings (SSSR count). The molecule has 0 saturated heterocycles. The van der Waals surface area contributed by atoms with Crippen LogP contribution in [0.3, 0.4) is 0 Å². The van der Waals surface area contributed by atoms with Gasteiger partial charge in [0, 0.05) is 12.5 Å². The lowest BCUT2D eigenvalue weighted by Crippen LogP contribution is -2.34. The summed E-state index contributed by atoms with van der Waals surface area (Å²) < 4.78 is 37.4. The molecule has 1 amide bonds. The van der Waals surface area contributed by atoms with E-state index in [2.05, 4.69) is 5.32 Å². The number of alkyl halides is 3. The van der Waals surface area contributed by atoms with Crippen LogP contribution in [0.5, 0.6) is 0 Å². The average molecular weight is 311 g/mol. The van der Waals surface area contributed by atoms with Crippen molar-refractivity contribution in [2.24, 2.45) is 17.8 Å². The highest BCUT2D eigenvalue weighted by Crippen LogP contribution is 2.48. The molecule has 22 heavy (non-hydrogen) atoms. The molecule has 120 valence electrons. The summed E-state index contributed by atoms with van der Waals surface area (Å²) in [6, 6.07) is 5.14. The molecule has 2 fully saturated rings. The van der Waals surface area contributed by atoms with Gasteiger partial charge in [-0.3, -0.25) is 4.79 Å². The number of carbonyl (C=O) groups excluding carboxylic acids is 1. The molecule has 0 aromatic heterocycles. The molecule has 0 spiro atoms. The van der Waals surface area contributed by atoms with E-state index in [0.29, 0.717) is 18.9 Å². The molecule has 3 unspecified atom stereocenters. The molecule has 0 radical (unpaired) electrons. The van der Waals surface area contributed by atoms with Crippen molar-refractivity contribution in [3.05, 3.63) is 35.4 Å². The molecule has 3 atom stereocenters. The number of fused-ring (bicyclic) bond motifs is 2. The Morgan fingerprint density at radius 2 is 1.86 bits per heavy atom. The van der Waals surface area contributed by atoms with E-state index >= 15 is 0 Å². The molecule has 5 heteroatoms. The van der Waals surface area contributed by atoms with Gasteiger partial charge in [-0.1, -0.05) is 18.6 Å². The van der Waals surface area contributed by atoms with E-state index < -0.39 is 11.7 Å². The quantitative estimate of drug-likeness (QED) is 0.900. The van der Waals surface area contributed by atoms with Crippen molar-refractivity contribution in [1.29, 1.82) is 0 Å². The van der Waals surface area contributed by atoms with Crippen LogP contribution in [0.2, 0.25) is 0 Å². The molecule has 2 nitrogen and oxygen atoms in total. The SMILES string of the molecule is O=C(NCCc1ccc(C(F)(F)F)cc1)C1CC2CCC1C2. The van der Waals surface area contributed by atoms with E-state index in [9.17, 15) is 18.0 Å². The fourth-order valence-electron chi connectivity index (χ4n) is 3.89. The van der Waals surface area contributed by atoms with Crippen LogP contribution in [0.1, 0.15) is 36.8 Å². The van der Waals surface area contributed by atoms with Gasteiger partial charge in [-0.15, -0.1) is 0 Å². The van der Waals surface area contributed by atoms with Crippen LogP contribution >= 0.6 is 0 Å². The number of hydrogen-bond acceptors (Lipinski definition) is 1. The molecule has 1 aromatic rings. The third kappa shape index (κ3) is 3.28. The molecule has 0 aliphatic heterocycles. The maximum Gasteiger partial charge on any atom is 0.416 e. The van der Waals surface area contributed by atoms with Crippen molar-refractivity contribution in [3.8, 4) is 0 Å². The standard InChI is InChI=1S/C17H20F3NO/c18-17(19,20)14-5-2-11(3-6-14)7-8-21-16(22)15-10-12-1-4-13(15)9-12/h2-3,5-6,12-13,15H,1,4,7-10H2,(H,21,22). The van der Waals surface area contributed by atoms with Crippen LogP contribution in [0, 0.1) is 17.8 Å². The van der Waals surface area contributed by atoms with Crippen LogP contribution in [0.4, 0.5) is 13.2 Å². The zero-order chi connectivity index (χ0) is 15.7. The van der Waals surface area contributed by atoms with E-state index in [0.717, 1.165) is 30.0 Å². The van der Waals surface area contributed by atoms with Crippen molar-refractivity contribution in [2.75, 3.05) is 6.54 Å². The van der Waals surface area contributed by atoms with E-state index in [-0.39, 0.29) is 11.8 Å². The largest absolute Gasteiger partial charge is 0.416 e. The fraction of sp³-hybridized carbons (Fsp3) is 0.588. The maximum absolute atomic E-state index is 12.5. The first-order chi connectivity index (χ1) is 10.4. The van der Waals surface area contributed by atoms with Crippen LogP contribution in [0.25, 0.3) is 0 Å². The summed E-state index contributed by atoms with van der Waals surface area (Å²) in [7, 11) is 0. The van der Waals surface area contributed by atoms with Crippen molar-refractivity contribution >= 4 is 5.91 Å². The molecule has 1 aromatic carbocycles. The highest BCUT2D eigenvalue weighted by Gasteiger charge is 2.42. The van der Waals surface area contributed by atoms with Crippen LogP contribution in [0.15, 0.2) is 24.3 Å². The van der Waals surface area contributed by atoms with Crippen LogP contribution in [-0.2, 0) is 17.4 Å². The van der Waals surface area contributed by atoms with Gasteiger partial charge in [0.15, 0.2) is 0 Å². The van der Waals surface area contributed by atoms with Crippen LogP contribution in [-0.4, -0.2) is 12.5 Å². The summed E-state index contributed by atoms with van der Waals surface area (Å²) in [5.41, 5.74) is 0.170. The Morgan fingerprint density at radius 3 is 2.41 bits per heavy atom. The maximum atomic E-state index is 12.5. The van der Waals surface area contributed by atoms with E-state index in [1.807, 2.05) is 0 Å². The minimum Gasteiger partial charge on any atom is -0.356 e. The van der Waals surface area contributed by atoms with Gasteiger partial charge in [0.05, 0.1) is 5.56 Å². The minimum absolute atomic E-state index is 0.124. The van der Waals surface area contributed by atoms with Gasteiger partial charge < -0.3 is 5.32 Å². The normalized spacial score (nSPS) is 27.1. The molecule has 1 N–H and O–H groups in total. The molecule has 2 aliphatic rings. The first kappa shape index (κ1) is 15.4. The lowest BCUT2D eigenvalue weighted by Gasteiger charge is -2.20. The van der Waals surface area contributed by atoms with E-state index in [1.54, 1.807) is 0 Å². The summed E-state index contributed by atoms with van der Waals surface area (Å²) in [4.78, 5) is 12.2. The Balaban J connectivity index is 1.46. The van der Waals surface area contributed by atoms with Gasteiger partial charge in [0.2, 0.25) is 5.91 Å². The van der Waals surface area contributed by atoms with Gasteiger partial charge in [0.25, 0.3) is 0 Å². The molecule has 2 aliphatic carbocycles. The Hall–Kier alpha value is -1.52. The first-order valence-electron chi connectivity index (χ1n) is 7.87. The topological polar surface area (TPSA) is 29.1 Å². The monoisotopic (exact) mass is 311 g/mol. The smallest absolute Gasteiger partial charge is 0.356 e. The second-order valence-electron chi connectivity index (χ2n) is 6.52. The summed E-state index contributed by atoms with van der Waals surface area (Å²) in [5.74, 6) is 1.57. The number of nitrogens with one attached hydrogen (secondary N) is 1. The molecular formula is C17H20F3NO. The van der Waals surface area contributed by atoms with Gasteiger partial charge in [-0.25, -0.2) is 0 Å². The summed E-state index contributed by atoms with van der Waals surface area (Å²) in [6.07, 6.45) is 0.897. The van der Waals surface area contributed by atoms with Gasteiger partial charge in [-0.2, -0.15) is 13.2 Å². The van der Waals surface area contributed by atoms with Crippen molar-refractivity contribution in [1.82, 2.24) is 5.32 Å². The van der Waals surface area contributed by atoms with Crippen molar-refractivity contribution in [3.63, 3.8) is 0 Å².